The molecule has 0 atom stereocenters. The van der Waals surface area contributed by atoms with Gasteiger partial charge in [-0.25, -0.2) is 4.98 Å². The van der Waals surface area contributed by atoms with Crippen molar-refractivity contribution in [1.82, 2.24) is 4.98 Å². The molecule has 0 aromatic carbocycles. The molecule has 0 amide bonds. The van der Waals surface area contributed by atoms with E-state index >= 15 is 0 Å². The van der Waals surface area contributed by atoms with Crippen LogP contribution in [-0.2, 0) is 6.42 Å². The maximum absolute atomic E-state index is 11.0. The lowest BCUT2D eigenvalue weighted by molar-refractivity contribution is -0.384. The van der Waals surface area contributed by atoms with Gasteiger partial charge in [-0.05, 0) is 24.6 Å². The van der Waals surface area contributed by atoms with Crippen LogP contribution < -0.4 is 5.32 Å². The van der Waals surface area contributed by atoms with E-state index in [4.69, 9.17) is 16.9 Å². The van der Waals surface area contributed by atoms with Gasteiger partial charge in [0.25, 0.3) is 0 Å². The molecule has 2 aromatic heterocycles. The minimum Gasteiger partial charge on any atom is -0.364 e. The highest BCUT2D eigenvalue weighted by Crippen LogP contribution is 2.26. The third-order valence-corrected chi connectivity index (χ3v) is 3.81. The number of aromatic nitrogens is 1. The van der Waals surface area contributed by atoms with Crippen LogP contribution >= 0.6 is 22.9 Å². The first-order valence-electron chi connectivity index (χ1n) is 5.63. The fraction of sp³-hybridized carbons (Fsp3) is 0.167. The van der Waals surface area contributed by atoms with E-state index in [1.165, 1.54) is 23.6 Å². The second-order valence-electron chi connectivity index (χ2n) is 3.81. The quantitative estimate of drug-likeness (QED) is 0.676. The summed E-state index contributed by atoms with van der Waals surface area (Å²) in [4.78, 5) is 15.4. The third-order valence-electron chi connectivity index (χ3n) is 2.52. The number of nitro groups is 1. The van der Waals surface area contributed by atoms with Crippen LogP contribution in [-0.4, -0.2) is 16.5 Å². The van der Waals surface area contributed by atoms with Crippen LogP contribution in [0.4, 0.5) is 11.5 Å². The van der Waals surface area contributed by atoms with E-state index in [2.05, 4.69) is 10.3 Å². The molecule has 0 aliphatic carbocycles. The number of nitriles is 1. The van der Waals surface area contributed by atoms with Crippen molar-refractivity contribution >= 4 is 34.4 Å². The van der Waals surface area contributed by atoms with Gasteiger partial charge >= 0.3 is 5.69 Å². The third kappa shape index (κ3) is 3.23. The largest absolute Gasteiger partial charge is 0.364 e. The summed E-state index contributed by atoms with van der Waals surface area (Å²) in [6.45, 7) is 0.472. The summed E-state index contributed by atoms with van der Waals surface area (Å²) in [7, 11) is 0. The number of anilines is 1. The monoisotopic (exact) mass is 308 g/mol. The van der Waals surface area contributed by atoms with E-state index < -0.39 is 4.92 Å². The summed E-state index contributed by atoms with van der Waals surface area (Å²) in [6, 6.07) is 6.82. The number of hydrogen-bond donors (Lipinski definition) is 1. The molecule has 0 saturated heterocycles. The zero-order valence-electron chi connectivity index (χ0n) is 10.2. The summed E-state index contributed by atoms with van der Waals surface area (Å²) < 4.78 is 0.704. The van der Waals surface area contributed by atoms with Gasteiger partial charge in [0.2, 0.25) is 5.82 Å². The van der Waals surface area contributed by atoms with Crippen LogP contribution in [0.25, 0.3) is 0 Å². The number of nitrogens with one attached hydrogen (secondary N) is 1. The molecule has 0 aliphatic heterocycles. The minimum atomic E-state index is -0.601. The highest BCUT2D eigenvalue weighted by Gasteiger charge is 2.20. The SMILES string of the molecule is N#Cc1ccnc(NCCc2ccc(Cl)s2)c1[N+](=O)[O-]. The zero-order chi connectivity index (χ0) is 14.5. The fourth-order valence-corrected chi connectivity index (χ4v) is 2.74. The highest BCUT2D eigenvalue weighted by molar-refractivity contribution is 7.16. The van der Waals surface area contributed by atoms with Crippen molar-refractivity contribution in [2.24, 2.45) is 0 Å². The van der Waals surface area contributed by atoms with E-state index in [-0.39, 0.29) is 17.1 Å². The van der Waals surface area contributed by atoms with Crippen molar-refractivity contribution in [3.8, 4) is 6.07 Å². The Kier molecular flexibility index (Phi) is 4.50. The molecule has 0 unspecified atom stereocenters. The van der Waals surface area contributed by atoms with Gasteiger partial charge in [0.05, 0.1) is 9.26 Å². The van der Waals surface area contributed by atoms with E-state index in [9.17, 15) is 10.1 Å². The Bertz CT molecular complexity index is 680. The summed E-state index contributed by atoms with van der Waals surface area (Å²) in [5.74, 6) is 0.108. The number of rotatable bonds is 5. The highest BCUT2D eigenvalue weighted by atomic mass is 35.5. The standard InChI is InChI=1S/C12H9ClN4O2S/c13-10-2-1-9(20-10)4-6-16-12-11(17(18)19)8(7-14)3-5-15-12/h1-3,5H,4,6H2,(H,15,16). The number of hydrogen-bond acceptors (Lipinski definition) is 6. The van der Waals surface area contributed by atoms with Crippen LogP contribution in [0.2, 0.25) is 4.34 Å². The lowest BCUT2D eigenvalue weighted by Crippen LogP contribution is -2.08. The molecule has 2 aromatic rings. The normalized spacial score (nSPS) is 10.0. The van der Waals surface area contributed by atoms with Gasteiger partial charge in [0.1, 0.15) is 11.6 Å². The van der Waals surface area contributed by atoms with Gasteiger partial charge in [0, 0.05) is 17.6 Å². The number of pyridine rings is 1. The Labute approximate surface area is 123 Å². The minimum absolute atomic E-state index is 0.00771. The second kappa shape index (κ2) is 6.32. The van der Waals surface area contributed by atoms with Crippen LogP contribution in [0.3, 0.4) is 0 Å². The molecule has 0 bridgehead atoms. The lowest BCUT2D eigenvalue weighted by atomic mass is 10.2. The van der Waals surface area contributed by atoms with Crippen molar-refractivity contribution in [3.05, 3.63) is 49.3 Å². The second-order valence-corrected chi connectivity index (χ2v) is 5.61. The molecule has 0 fully saturated rings. The van der Waals surface area contributed by atoms with Gasteiger partial charge in [-0.15, -0.1) is 11.3 Å². The molecule has 2 heterocycles. The number of nitrogens with zero attached hydrogens (tertiary/aromatic N) is 3. The Morgan fingerprint density at radius 1 is 1.50 bits per heavy atom. The molecule has 1 N–H and O–H groups in total. The van der Waals surface area contributed by atoms with Gasteiger partial charge in [-0.2, -0.15) is 5.26 Å². The van der Waals surface area contributed by atoms with E-state index in [1.54, 1.807) is 12.1 Å². The molecule has 0 aliphatic rings. The number of thiophene rings is 1. The molecule has 8 heteroatoms. The Morgan fingerprint density at radius 3 is 2.90 bits per heavy atom. The maximum Gasteiger partial charge on any atom is 0.328 e. The lowest BCUT2D eigenvalue weighted by Gasteiger charge is -2.05. The van der Waals surface area contributed by atoms with Gasteiger partial charge in [-0.3, -0.25) is 10.1 Å². The first-order valence-corrected chi connectivity index (χ1v) is 6.83. The predicted octanol–water partition coefficient (Wildman–Crippen LogP) is 3.23. The molecule has 2 rings (SSSR count). The summed E-state index contributed by atoms with van der Waals surface area (Å²) in [6.07, 6.45) is 2.04. The first-order chi connectivity index (χ1) is 9.61. The topological polar surface area (TPSA) is 91.8 Å². The predicted molar refractivity (Wildman–Crippen MR) is 77.1 cm³/mol. The fourth-order valence-electron chi connectivity index (χ4n) is 1.65. The average Bonchev–Trinajstić information content (AvgIpc) is 2.83. The van der Waals surface area contributed by atoms with E-state index in [0.29, 0.717) is 17.3 Å². The Morgan fingerprint density at radius 2 is 2.30 bits per heavy atom. The average molecular weight is 309 g/mol. The summed E-state index contributed by atoms with van der Waals surface area (Å²) >= 11 is 7.28. The Balaban J connectivity index is 2.10. The first kappa shape index (κ1) is 14.2. The molecular weight excluding hydrogens is 300 g/mol. The van der Waals surface area contributed by atoms with Crippen LogP contribution in [0.5, 0.6) is 0 Å². The molecule has 0 radical (unpaired) electrons. The van der Waals surface area contributed by atoms with E-state index in [1.807, 2.05) is 6.07 Å². The molecule has 20 heavy (non-hydrogen) atoms. The Hall–Kier alpha value is -2.17. The molecule has 0 saturated carbocycles. The van der Waals surface area contributed by atoms with Crippen molar-refractivity contribution < 1.29 is 4.92 Å². The van der Waals surface area contributed by atoms with E-state index in [0.717, 1.165) is 4.88 Å². The smallest absolute Gasteiger partial charge is 0.328 e. The van der Waals surface area contributed by atoms with Gasteiger partial charge in [-0.1, -0.05) is 11.6 Å². The van der Waals surface area contributed by atoms with Gasteiger partial charge < -0.3 is 5.32 Å². The van der Waals surface area contributed by atoms with Crippen molar-refractivity contribution in [3.63, 3.8) is 0 Å². The van der Waals surface area contributed by atoms with Crippen molar-refractivity contribution in [2.45, 2.75) is 6.42 Å². The van der Waals surface area contributed by atoms with Crippen molar-refractivity contribution in [1.29, 1.82) is 5.26 Å². The maximum atomic E-state index is 11.0. The molecule has 102 valence electrons. The van der Waals surface area contributed by atoms with Crippen LogP contribution in [0.1, 0.15) is 10.4 Å². The molecular formula is C12H9ClN4O2S. The van der Waals surface area contributed by atoms with Crippen LogP contribution in [0.15, 0.2) is 24.4 Å². The summed E-state index contributed by atoms with van der Waals surface area (Å²) in [5, 5.41) is 22.8. The summed E-state index contributed by atoms with van der Waals surface area (Å²) in [5.41, 5.74) is -0.300. The van der Waals surface area contributed by atoms with Crippen molar-refractivity contribution in [2.75, 3.05) is 11.9 Å². The zero-order valence-corrected chi connectivity index (χ0v) is 11.7. The van der Waals surface area contributed by atoms with Gasteiger partial charge in [0.15, 0.2) is 0 Å². The number of halogens is 1. The van der Waals surface area contributed by atoms with Crippen LogP contribution in [0, 0.1) is 21.4 Å². The molecule has 6 nitrogen and oxygen atoms in total. The molecule has 0 spiro atoms.